The van der Waals surface area contributed by atoms with Crippen LogP contribution in [0.25, 0.3) is 0 Å². The van der Waals surface area contributed by atoms with Crippen LogP contribution >= 0.6 is 23.7 Å². The minimum Gasteiger partial charge on any atom is -0.339 e. The lowest BCUT2D eigenvalue weighted by Gasteiger charge is -2.34. The van der Waals surface area contributed by atoms with Gasteiger partial charge in [0.15, 0.2) is 0 Å². The Morgan fingerprint density at radius 3 is 2.43 bits per heavy atom. The van der Waals surface area contributed by atoms with Gasteiger partial charge in [0, 0.05) is 38.6 Å². The topological polar surface area (TPSA) is 66.6 Å². The first-order valence-corrected chi connectivity index (χ1v) is 7.82. The Morgan fingerprint density at radius 2 is 1.90 bits per heavy atom. The van der Waals surface area contributed by atoms with E-state index in [1.165, 1.54) is 11.3 Å². The molecule has 118 valence electrons. The van der Waals surface area contributed by atoms with Gasteiger partial charge in [0.1, 0.15) is 0 Å². The minimum atomic E-state index is 0. The summed E-state index contributed by atoms with van der Waals surface area (Å²) in [6.45, 7) is 4.37. The summed E-state index contributed by atoms with van der Waals surface area (Å²) in [5.41, 5.74) is 5.66. The highest BCUT2D eigenvalue weighted by atomic mass is 35.5. The van der Waals surface area contributed by atoms with Crippen molar-refractivity contribution < 1.29 is 9.59 Å². The number of piperazine rings is 1. The molecule has 2 amide bonds. The Kier molecular flexibility index (Phi) is 7.14. The highest BCUT2D eigenvalue weighted by Crippen LogP contribution is 2.14. The Labute approximate surface area is 135 Å². The van der Waals surface area contributed by atoms with Gasteiger partial charge in [-0.15, -0.1) is 23.7 Å². The van der Waals surface area contributed by atoms with Crippen LogP contribution in [0.1, 0.15) is 29.4 Å². The molecule has 5 nitrogen and oxygen atoms in total. The summed E-state index contributed by atoms with van der Waals surface area (Å²) in [7, 11) is 0. The van der Waals surface area contributed by atoms with Crippen LogP contribution in [0.4, 0.5) is 0 Å². The van der Waals surface area contributed by atoms with Gasteiger partial charge < -0.3 is 15.5 Å². The fourth-order valence-electron chi connectivity index (χ4n) is 2.22. The zero-order valence-corrected chi connectivity index (χ0v) is 13.8. The van der Waals surface area contributed by atoms with Crippen molar-refractivity contribution in [2.75, 3.05) is 26.2 Å². The summed E-state index contributed by atoms with van der Waals surface area (Å²) in [6, 6.07) is 3.78. The first kappa shape index (κ1) is 17.9. The monoisotopic (exact) mass is 331 g/mol. The number of rotatable bonds is 4. The molecule has 2 heterocycles. The van der Waals surface area contributed by atoms with Crippen LogP contribution in [0.15, 0.2) is 17.5 Å². The summed E-state index contributed by atoms with van der Waals surface area (Å²) in [5, 5.41) is 1.90. The van der Waals surface area contributed by atoms with Crippen LogP contribution in [0.3, 0.4) is 0 Å². The van der Waals surface area contributed by atoms with Crippen LogP contribution in [0, 0.1) is 0 Å². The molecule has 0 spiro atoms. The molecule has 2 rings (SSSR count). The van der Waals surface area contributed by atoms with Crippen LogP contribution in [0.2, 0.25) is 0 Å². The van der Waals surface area contributed by atoms with Crippen molar-refractivity contribution in [3.05, 3.63) is 22.4 Å². The lowest BCUT2D eigenvalue weighted by atomic mass is 10.1. The Hall–Kier alpha value is -1.11. The van der Waals surface area contributed by atoms with Gasteiger partial charge in [-0.05, 0) is 24.8 Å². The van der Waals surface area contributed by atoms with E-state index < -0.39 is 0 Å². The normalized spacial score (nSPS) is 16.3. The third kappa shape index (κ3) is 4.98. The predicted molar refractivity (Wildman–Crippen MR) is 86.9 cm³/mol. The van der Waals surface area contributed by atoms with Crippen LogP contribution in [-0.4, -0.2) is 53.8 Å². The lowest BCUT2D eigenvalue weighted by molar-refractivity contribution is -0.132. The average molecular weight is 332 g/mol. The molecule has 21 heavy (non-hydrogen) atoms. The number of carbonyl (C=O) groups is 2. The molecular weight excluding hydrogens is 310 g/mol. The van der Waals surface area contributed by atoms with Crippen molar-refractivity contribution in [1.29, 1.82) is 0 Å². The molecule has 1 saturated heterocycles. The first-order chi connectivity index (χ1) is 9.58. The van der Waals surface area contributed by atoms with Crippen molar-refractivity contribution >= 4 is 35.6 Å². The molecule has 0 radical (unpaired) electrons. The molecule has 1 aliphatic rings. The van der Waals surface area contributed by atoms with Crippen molar-refractivity contribution in [2.24, 2.45) is 5.73 Å². The fraction of sp³-hybridized carbons (Fsp3) is 0.571. The summed E-state index contributed by atoms with van der Waals surface area (Å²) in [6.07, 6.45) is 1.21. The van der Waals surface area contributed by atoms with Crippen molar-refractivity contribution in [3.8, 4) is 0 Å². The standard InChI is InChI=1S/C14H21N3O2S.ClH/c1-11(15)4-5-13(18)16-6-8-17(9-7-16)14(19)12-3-2-10-20-12;/h2-3,10-11H,4-9,15H2,1H3;1H. The van der Waals surface area contributed by atoms with Crippen molar-refractivity contribution in [2.45, 2.75) is 25.8 Å². The third-order valence-corrected chi connectivity index (χ3v) is 4.32. The number of thiophene rings is 1. The van der Waals surface area contributed by atoms with Crippen LogP contribution in [-0.2, 0) is 4.79 Å². The zero-order chi connectivity index (χ0) is 14.5. The number of carbonyl (C=O) groups excluding carboxylic acids is 2. The van der Waals surface area contributed by atoms with Crippen molar-refractivity contribution in [3.63, 3.8) is 0 Å². The van der Waals surface area contributed by atoms with Crippen LogP contribution in [0.5, 0.6) is 0 Å². The maximum absolute atomic E-state index is 12.2. The number of hydrogen-bond donors (Lipinski definition) is 1. The minimum absolute atomic E-state index is 0. The van der Waals surface area contributed by atoms with Gasteiger partial charge in [-0.2, -0.15) is 0 Å². The number of nitrogens with zero attached hydrogens (tertiary/aromatic N) is 2. The first-order valence-electron chi connectivity index (χ1n) is 6.94. The summed E-state index contributed by atoms with van der Waals surface area (Å²) in [4.78, 5) is 28.6. The van der Waals surface area contributed by atoms with Gasteiger partial charge in [-0.3, -0.25) is 9.59 Å². The number of nitrogens with two attached hydrogens (primary N) is 1. The van der Waals surface area contributed by atoms with Gasteiger partial charge in [0.2, 0.25) is 5.91 Å². The van der Waals surface area contributed by atoms with Gasteiger partial charge in [-0.1, -0.05) is 6.07 Å². The highest BCUT2D eigenvalue weighted by molar-refractivity contribution is 7.12. The second kappa shape index (κ2) is 8.36. The van der Waals surface area contributed by atoms with E-state index >= 15 is 0 Å². The number of amides is 2. The van der Waals surface area contributed by atoms with Gasteiger partial charge >= 0.3 is 0 Å². The summed E-state index contributed by atoms with van der Waals surface area (Å²) >= 11 is 1.46. The number of halogens is 1. The van der Waals surface area contributed by atoms with E-state index in [-0.39, 0.29) is 30.3 Å². The van der Waals surface area contributed by atoms with E-state index in [9.17, 15) is 9.59 Å². The van der Waals surface area contributed by atoms with E-state index in [0.717, 1.165) is 4.88 Å². The lowest BCUT2D eigenvalue weighted by Crippen LogP contribution is -2.50. The molecule has 1 aliphatic heterocycles. The second-order valence-electron chi connectivity index (χ2n) is 5.17. The van der Waals surface area contributed by atoms with Gasteiger partial charge in [0.25, 0.3) is 5.91 Å². The predicted octanol–water partition coefficient (Wildman–Crippen LogP) is 1.58. The van der Waals surface area contributed by atoms with E-state index in [2.05, 4.69) is 0 Å². The highest BCUT2D eigenvalue weighted by Gasteiger charge is 2.24. The molecular formula is C14H22ClN3O2S. The van der Waals surface area contributed by atoms with Gasteiger partial charge in [-0.25, -0.2) is 0 Å². The quantitative estimate of drug-likeness (QED) is 0.911. The van der Waals surface area contributed by atoms with Crippen LogP contribution < -0.4 is 5.73 Å². The second-order valence-corrected chi connectivity index (χ2v) is 6.11. The van der Waals surface area contributed by atoms with Crippen molar-refractivity contribution in [1.82, 2.24) is 9.80 Å². The smallest absolute Gasteiger partial charge is 0.264 e. The molecule has 1 aromatic rings. The zero-order valence-electron chi connectivity index (χ0n) is 12.2. The molecule has 1 atom stereocenters. The van der Waals surface area contributed by atoms with E-state index in [0.29, 0.717) is 39.0 Å². The Morgan fingerprint density at radius 1 is 1.29 bits per heavy atom. The average Bonchev–Trinajstić information content (AvgIpc) is 2.98. The maximum atomic E-state index is 12.2. The molecule has 1 aromatic heterocycles. The van der Waals surface area contributed by atoms with E-state index in [4.69, 9.17) is 5.73 Å². The number of hydrogen-bond acceptors (Lipinski definition) is 4. The third-order valence-electron chi connectivity index (χ3n) is 3.47. The van der Waals surface area contributed by atoms with E-state index in [1.807, 2.05) is 34.2 Å². The molecule has 0 bridgehead atoms. The molecule has 1 unspecified atom stereocenters. The summed E-state index contributed by atoms with van der Waals surface area (Å²) < 4.78 is 0. The Bertz CT molecular complexity index is 457. The molecule has 0 aliphatic carbocycles. The van der Waals surface area contributed by atoms with Gasteiger partial charge in [0.05, 0.1) is 4.88 Å². The maximum Gasteiger partial charge on any atom is 0.264 e. The van der Waals surface area contributed by atoms with E-state index in [1.54, 1.807) is 0 Å². The largest absolute Gasteiger partial charge is 0.339 e. The Balaban J connectivity index is 0.00000220. The molecule has 7 heteroatoms. The molecule has 0 saturated carbocycles. The fourth-order valence-corrected chi connectivity index (χ4v) is 2.92. The molecule has 1 fully saturated rings. The summed E-state index contributed by atoms with van der Waals surface area (Å²) in [5.74, 6) is 0.216. The molecule has 2 N–H and O–H groups in total. The molecule has 0 aromatic carbocycles. The SMILES string of the molecule is CC(N)CCC(=O)N1CCN(C(=O)c2cccs2)CC1.Cl.